The number of carbonyl (C=O) groups excluding carboxylic acids is 2. The minimum Gasteiger partial charge on any atom is -0.355 e. The smallest absolute Gasteiger partial charge is 0.228 e. The van der Waals surface area contributed by atoms with Crippen LogP contribution in [-0.2, 0) is 16.0 Å². The van der Waals surface area contributed by atoms with Gasteiger partial charge in [-0.05, 0) is 23.8 Å². The Morgan fingerprint density at radius 1 is 1.24 bits per heavy atom. The summed E-state index contributed by atoms with van der Waals surface area (Å²) in [6.45, 7) is 0.489. The van der Waals surface area contributed by atoms with E-state index in [1.165, 1.54) is 0 Å². The number of benzene rings is 1. The number of aromatic nitrogens is 2. The third-order valence-electron chi connectivity index (χ3n) is 4.41. The van der Waals surface area contributed by atoms with Crippen LogP contribution in [0.25, 0.3) is 5.65 Å². The predicted octanol–water partition coefficient (Wildman–Crippen LogP) is 2.12. The summed E-state index contributed by atoms with van der Waals surface area (Å²) in [5, 5.41) is 5.75. The number of hydrogen-bond donors (Lipinski definition) is 2. The van der Waals surface area contributed by atoms with E-state index in [0.717, 1.165) is 22.6 Å². The average molecular weight is 334 g/mol. The van der Waals surface area contributed by atoms with E-state index in [9.17, 15) is 9.59 Å². The summed E-state index contributed by atoms with van der Waals surface area (Å²) in [6, 6.07) is 13.3. The van der Waals surface area contributed by atoms with Crippen molar-refractivity contribution in [2.75, 3.05) is 11.9 Å². The van der Waals surface area contributed by atoms with Crippen molar-refractivity contribution in [3.05, 3.63) is 66.1 Å². The molecule has 0 radical (unpaired) electrons. The molecule has 126 valence electrons. The first kappa shape index (κ1) is 15.4. The van der Waals surface area contributed by atoms with E-state index >= 15 is 0 Å². The van der Waals surface area contributed by atoms with Crippen LogP contribution < -0.4 is 10.6 Å². The van der Waals surface area contributed by atoms with E-state index in [4.69, 9.17) is 0 Å². The topological polar surface area (TPSA) is 75.5 Å². The lowest BCUT2D eigenvalue weighted by Gasteiger charge is -2.24. The van der Waals surface area contributed by atoms with E-state index in [2.05, 4.69) is 15.6 Å². The number of hydrogen-bond acceptors (Lipinski definition) is 3. The fraction of sp³-hybridized carbons (Fsp3) is 0.211. The summed E-state index contributed by atoms with van der Waals surface area (Å²) in [4.78, 5) is 28.9. The number of rotatable bonds is 4. The van der Waals surface area contributed by atoms with Crippen molar-refractivity contribution in [2.24, 2.45) is 0 Å². The summed E-state index contributed by atoms with van der Waals surface area (Å²) < 4.78 is 1.96. The van der Waals surface area contributed by atoms with Gasteiger partial charge in [-0.1, -0.05) is 24.3 Å². The predicted molar refractivity (Wildman–Crippen MR) is 94.3 cm³/mol. The number of fused-ring (bicyclic) bond motifs is 2. The Hall–Kier alpha value is -3.15. The molecule has 0 saturated carbocycles. The molecule has 6 heteroatoms. The molecule has 4 rings (SSSR count). The highest BCUT2D eigenvalue weighted by Gasteiger charge is 2.30. The number of nitrogens with one attached hydrogen (secondary N) is 2. The molecular weight excluding hydrogens is 316 g/mol. The molecule has 0 bridgehead atoms. The van der Waals surface area contributed by atoms with Crippen molar-refractivity contribution >= 4 is 23.1 Å². The van der Waals surface area contributed by atoms with Gasteiger partial charge in [0.05, 0.1) is 11.6 Å². The summed E-state index contributed by atoms with van der Waals surface area (Å²) in [5.41, 5.74) is 3.40. The number of imidazole rings is 1. The molecule has 3 aromatic rings. The first-order chi connectivity index (χ1) is 12.2. The van der Waals surface area contributed by atoms with Crippen LogP contribution in [0.1, 0.15) is 23.6 Å². The standard InChI is InChI=1S/C19H18N4O2/c24-18-11-15(14-5-1-2-6-16(14)22-18)19(25)20-9-8-13-12-23-10-4-3-7-17(23)21-13/h1-7,10,12,15H,8-9,11H2,(H,20,25)(H,22,24). The molecule has 2 amide bonds. The monoisotopic (exact) mass is 334 g/mol. The number of amides is 2. The second-order valence-electron chi connectivity index (χ2n) is 6.13. The van der Waals surface area contributed by atoms with Crippen molar-refractivity contribution in [3.8, 4) is 0 Å². The minimum absolute atomic E-state index is 0.119. The molecule has 2 aromatic heterocycles. The van der Waals surface area contributed by atoms with Crippen LogP contribution in [0.5, 0.6) is 0 Å². The fourth-order valence-electron chi connectivity index (χ4n) is 3.19. The zero-order valence-electron chi connectivity index (χ0n) is 13.6. The number of para-hydroxylation sites is 1. The Kier molecular flexibility index (Phi) is 3.93. The molecule has 1 unspecified atom stereocenters. The maximum Gasteiger partial charge on any atom is 0.228 e. The number of nitrogens with zero attached hydrogens (tertiary/aromatic N) is 2. The van der Waals surface area contributed by atoms with Gasteiger partial charge in [0.2, 0.25) is 11.8 Å². The average Bonchev–Trinajstić information content (AvgIpc) is 3.03. The summed E-state index contributed by atoms with van der Waals surface area (Å²) in [7, 11) is 0. The number of pyridine rings is 1. The lowest BCUT2D eigenvalue weighted by atomic mass is 9.90. The molecule has 6 nitrogen and oxygen atoms in total. The third kappa shape index (κ3) is 3.10. The molecule has 1 aliphatic heterocycles. The lowest BCUT2D eigenvalue weighted by Crippen LogP contribution is -2.35. The highest BCUT2D eigenvalue weighted by atomic mass is 16.2. The van der Waals surface area contributed by atoms with Crippen molar-refractivity contribution < 1.29 is 9.59 Å². The normalized spacial score (nSPS) is 16.3. The molecule has 2 N–H and O–H groups in total. The maximum absolute atomic E-state index is 12.6. The highest BCUT2D eigenvalue weighted by Crippen LogP contribution is 2.31. The summed E-state index contributed by atoms with van der Waals surface area (Å²) in [6.07, 6.45) is 4.73. The second-order valence-corrected chi connectivity index (χ2v) is 6.13. The van der Waals surface area contributed by atoms with Gasteiger partial charge in [-0.15, -0.1) is 0 Å². The minimum atomic E-state index is -0.439. The van der Waals surface area contributed by atoms with Gasteiger partial charge in [0.25, 0.3) is 0 Å². The maximum atomic E-state index is 12.6. The van der Waals surface area contributed by atoms with Gasteiger partial charge in [0.1, 0.15) is 5.65 Å². The SMILES string of the molecule is O=C1CC(C(=O)NCCc2cn3ccccc3n2)c2ccccc2N1. The molecule has 0 spiro atoms. The Bertz CT molecular complexity index is 914. The first-order valence-corrected chi connectivity index (χ1v) is 8.30. The molecule has 0 fully saturated rings. The van der Waals surface area contributed by atoms with E-state index in [-0.39, 0.29) is 18.2 Å². The first-order valence-electron chi connectivity index (χ1n) is 8.30. The van der Waals surface area contributed by atoms with Gasteiger partial charge in [-0.3, -0.25) is 9.59 Å². The number of anilines is 1. The van der Waals surface area contributed by atoms with Gasteiger partial charge in [0.15, 0.2) is 0 Å². The fourth-order valence-corrected chi connectivity index (χ4v) is 3.19. The second kappa shape index (κ2) is 6.39. The zero-order chi connectivity index (χ0) is 17.2. The van der Waals surface area contributed by atoms with Crippen LogP contribution in [0, 0.1) is 0 Å². The molecule has 0 aliphatic carbocycles. The van der Waals surface area contributed by atoms with E-state index in [0.29, 0.717) is 13.0 Å². The van der Waals surface area contributed by atoms with Gasteiger partial charge >= 0.3 is 0 Å². The Balaban J connectivity index is 1.41. The van der Waals surface area contributed by atoms with Crippen LogP contribution in [0.4, 0.5) is 5.69 Å². The van der Waals surface area contributed by atoms with Gasteiger partial charge < -0.3 is 15.0 Å². The summed E-state index contributed by atoms with van der Waals surface area (Å²) in [5.74, 6) is -0.684. The molecule has 1 aliphatic rings. The van der Waals surface area contributed by atoms with Crippen LogP contribution >= 0.6 is 0 Å². The quantitative estimate of drug-likeness (QED) is 0.767. The van der Waals surface area contributed by atoms with Gasteiger partial charge in [-0.25, -0.2) is 4.98 Å². The van der Waals surface area contributed by atoms with Crippen LogP contribution in [0.3, 0.4) is 0 Å². The largest absolute Gasteiger partial charge is 0.355 e. The Morgan fingerprint density at radius 3 is 2.96 bits per heavy atom. The lowest BCUT2D eigenvalue weighted by molar-refractivity contribution is -0.126. The van der Waals surface area contributed by atoms with Gasteiger partial charge in [0, 0.05) is 37.5 Å². The van der Waals surface area contributed by atoms with Gasteiger partial charge in [-0.2, -0.15) is 0 Å². The third-order valence-corrected chi connectivity index (χ3v) is 4.41. The number of carbonyl (C=O) groups is 2. The van der Waals surface area contributed by atoms with Crippen molar-refractivity contribution in [3.63, 3.8) is 0 Å². The Labute approximate surface area is 144 Å². The summed E-state index contributed by atoms with van der Waals surface area (Å²) >= 11 is 0. The molecule has 1 atom stereocenters. The van der Waals surface area contributed by atoms with Crippen LogP contribution in [-0.4, -0.2) is 27.7 Å². The van der Waals surface area contributed by atoms with E-state index < -0.39 is 5.92 Å². The Morgan fingerprint density at radius 2 is 2.08 bits per heavy atom. The molecule has 25 heavy (non-hydrogen) atoms. The van der Waals surface area contributed by atoms with Crippen molar-refractivity contribution in [1.82, 2.24) is 14.7 Å². The van der Waals surface area contributed by atoms with E-state index in [1.807, 2.05) is 59.3 Å². The van der Waals surface area contributed by atoms with E-state index in [1.54, 1.807) is 0 Å². The molecule has 3 heterocycles. The molecular formula is C19H18N4O2. The van der Waals surface area contributed by atoms with Crippen molar-refractivity contribution in [1.29, 1.82) is 0 Å². The van der Waals surface area contributed by atoms with Crippen LogP contribution in [0.2, 0.25) is 0 Å². The van der Waals surface area contributed by atoms with Crippen LogP contribution in [0.15, 0.2) is 54.9 Å². The zero-order valence-corrected chi connectivity index (χ0v) is 13.6. The van der Waals surface area contributed by atoms with Crippen molar-refractivity contribution in [2.45, 2.75) is 18.8 Å². The molecule has 1 aromatic carbocycles. The highest BCUT2D eigenvalue weighted by molar-refractivity contribution is 6.01. The molecule has 0 saturated heterocycles.